The number of anilines is 3. The van der Waals surface area contributed by atoms with Crippen LogP contribution >= 0.6 is 0 Å². The molecule has 0 bridgehead atoms. The lowest BCUT2D eigenvalue weighted by Gasteiger charge is -2.21. The largest absolute Gasteiger partial charge is 0.483 e. The Hall–Kier alpha value is -3.60. The van der Waals surface area contributed by atoms with Gasteiger partial charge in [0.1, 0.15) is 30.4 Å². The maximum absolute atomic E-state index is 12.8. The summed E-state index contributed by atoms with van der Waals surface area (Å²) >= 11 is 0. The summed E-state index contributed by atoms with van der Waals surface area (Å²) in [6.07, 6.45) is 3.09. The molecule has 4 heterocycles. The predicted molar refractivity (Wildman–Crippen MR) is 114 cm³/mol. The van der Waals surface area contributed by atoms with Crippen LogP contribution in [0.5, 0.6) is 11.6 Å². The Bertz CT molecular complexity index is 1110. The number of aromatic nitrogens is 4. The number of nitrogens with zero attached hydrogens (tertiary/aromatic N) is 4. The van der Waals surface area contributed by atoms with E-state index in [2.05, 4.69) is 31.0 Å². The van der Waals surface area contributed by atoms with Gasteiger partial charge in [-0.25, -0.2) is 9.97 Å². The Kier molecular flexibility index (Phi) is 5.51. The molecule has 1 aliphatic rings. The molecule has 0 aromatic carbocycles. The molecule has 4 N–H and O–H groups in total. The lowest BCUT2D eigenvalue weighted by atomic mass is 9.95. The van der Waals surface area contributed by atoms with Gasteiger partial charge in [0.05, 0.1) is 11.9 Å². The molecule has 164 valence electrons. The third kappa shape index (κ3) is 4.17. The third-order valence-corrected chi connectivity index (χ3v) is 4.83. The summed E-state index contributed by atoms with van der Waals surface area (Å²) in [5.41, 5.74) is 0.926. The second kappa shape index (κ2) is 8.26. The van der Waals surface area contributed by atoms with E-state index in [4.69, 9.17) is 9.47 Å². The van der Waals surface area contributed by atoms with Crippen LogP contribution in [0.3, 0.4) is 0 Å². The highest BCUT2D eigenvalue weighted by Gasteiger charge is 2.22. The highest BCUT2D eigenvalue weighted by atomic mass is 16.6. The van der Waals surface area contributed by atoms with Crippen molar-refractivity contribution in [2.45, 2.75) is 13.8 Å². The number of aliphatic hydroxyl groups excluding tert-OH is 1. The summed E-state index contributed by atoms with van der Waals surface area (Å²) < 4.78 is 12.8. The Labute approximate surface area is 178 Å². The molecular formula is C20H25N7O4. The van der Waals surface area contributed by atoms with Crippen molar-refractivity contribution < 1.29 is 19.4 Å². The molecule has 11 nitrogen and oxygen atoms in total. The Balaban J connectivity index is 1.67. The van der Waals surface area contributed by atoms with Gasteiger partial charge < -0.3 is 30.5 Å². The van der Waals surface area contributed by atoms with Gasteiger partial charge >= 0.3 is 0 Å². The summed E-state index contributed by atoms with van der Waals surface area (Å²) in [5.74, 6) is 1.74. The quantitative estimate of drug-likeness (QED) is 0.441. The third-order valence-electron chi connectivity index (χ3n) is 4.83. The van der Waals surface area contributed by atoms with E-state index in [0.29, 0.717) is 59.9 Å². The van der Waals surface area contributed by atoms with E-state index in [9.17, 15) is 9.90 Å². The number of hydrogen-bond donors (Lipinski definition) is 4. The molecule has 0 fully saturated rings. The van der Waals surface area contributed by atoms with Crippen LogP contribution in [0.15, 0.2) is 24.5 Å². The number of amides is 1. The molecule has 3 aromatic heterocycles. The first kappa shape index (κ1) is 20.7. The van der Waals surface area contributed by atoms with Gasteiger partial charge in [-0.3, -0.25) is 4.79 Å². The zero-order valence-electron chi connectivity index (χ0n) is 17.6. The first-order valence-corrected chi connectivity index (χ1v) is 9.89. The summed E-state index contributed by atoms with van der Waals surface area (Å²) in [6.45, 7) is 4.88. The second-order valence-electron chi connectivity index (χ2n) is 7.89. The number of pyridine rings is 1. The van der Waals surface area contributed by atoms with Crippen LogP contribution in [0, 0.1) is 5.41 Å². The van der Waals surface area contributed by atoms with E-state index in [1.165, 1.54) is 6.20 Å². The molecule has 4 rings (SSSR count). The van der Waals surface area contributed by atoms with Crippen LogP contribution < -0.4 is 25.4 Å². The minimum atomic E-state index is -0.433. The van der Waals surface area contributed by atoms with Gasteiger partial charge in [-0.05, 0) is 6.07 Å². The van der Waals surface area contributed by atoms with Gasteiger partial charge in [-0.15, -0.1) is 0 Å². The predicted octanol–water partition coefficient (Wildman–Crippen LogP) is 1.43. The Morgan fingerprint density at radius 2 is 2.13 bits per heavy atom. The average Bonchev–Trinajstić information content (AvgIpc) is 3.21. The monoisotopic (exact) mass is 427 g/mol. The first-order chi connectivity index (χ1) is 14.9. The van der Waals surface area contributed by atoms with Gasteiger partial charge in [0.2, 0.25) is 5.75 Å². The van der Waals surface area contributed by atoms with Crippen LogP contribution in [0.1, 0.15) is 24.2 Å². The van der Waals surface area contributed by atoms with Crippen molar-refractivity contribution in [1.82, 2.24) is 24.9 Å². The lowest BCUT2D eigenvalue weighted by Crippen LogP contribution is -2.36. The van der Waals surface area contributed by atoms with Crippen molar-refractivity contribution >= 4 is 28.9 Å². The van der Waals surface area contributed by atoms with Crippen LogP contribution in [0.25, 0.3) is 5.65 Å². The molecule has 0 aliphatic carbocycles. The maximum Gasteiger partial charge on any atom is 0.259 e. The van der Waals surface area contributed by atoms with Gasteiger partial charge in [0.15, 0.2) is 5.65 Å². The molecule has 1 amide bonds. The zero-order valence-corrected chi connectivity index (χ0v) is 17.6. The number of hydrogen-bond acceptors (Lipinski definition) is 9. The number of ether oxygens (including phenoxy) is 2. The van der Waals surface area contributed by atoms with Crippen molar-refractivity contribution in [3.8, 4) is 11.6 Å². The molecular weight excluding hydrogens is 402 g/mol. The fourth-order valence-electron chi connectivity index (χ4n) is 3.03. The SMILES string of the molecule is CNc1cc(Nc2ccnc3c2OCCO3)nc2c(C(=O)NCC(C)(C)CO)cnn12. The van der Waals surface area contributed by atoms with Crippen molar-refractivity contribution in [1.29, 1.82) is 0 Å². The molecule has 0 unspecified atom stereocenters. The van der Waals surface area contributed by atoms with E-state index in [1.54, 1.807) is 29.9 Å². The fraction of sp³-hybridized carbons (Fsp3) is 0.400. The van der Waals surface area contributed by atoms with Crippen molar-refractivity contribution in [3.05, 3.63) is 30.1 Å². The highest BCUT2D eigenvalue weighted by Crippen LogP contribution is 2.37. The minimum Gasteiger partial charge on any atom is -0.483 e. The topological polar surface area (TPSA) is 135 Å². The van der Waals surface area contributed by atoms with Crippen molar-refractivity contribution in [3.63, 3.8) is 0 Å². The van der Waals surface area contributed by atoms with E-state index < -0.39 is 5.41 Å². The number of carbonyl (C=O) groups excluding carboxylic acids is 1. The normalized spacial score (nSPS) is 13.2. The molecule has 0 saturated carbocycles. The lowest BCUT2D eigenvalue weighted by molar-refractivity contribution is 0.0912. The van der Waals surface area contributed by atoms with Crippen molar-refractivity contribution in [2.75, 3.05) is 44.0 Å². The van der Waals surface area contributed by atoms with E-state index in [-0.39, 0.29) is 12.5 Å². The smallest absolute Gasteiger partial charge is 0.259 e. The van der Waals surface area contributed by atoms with Gasteiger partial charge in [0.25, 0.3) is 11.8 Å². The van der Waals surface area contributed by atoms with Gasteiger partial charge in [0, 0.05) is 37.9 Å². The van der Waals surface area contributed by atoms with Crippen LogP contribution in [0.2, 0.25) is 0 Å². The average molecular weight is 427 g/mol. The standard InChI is InChI=1S/C20H25N7O4/c1-20(2,11-28)10-23-18(29)12-9-24-27-15(21-3)8-14(26-17(12)27)25-13-4-5-22-19-16(13)30-6-7-31-19/h4-5,8-9,21,28H,6-7,10-11H2,1-3H3,(H,23,29)(H,22,25,26). The van der Waals surface area contributed by atoms with Crippen LogP contribution in [0.4, 0.5) is 17.3 Å². The molecule has 0 saturated heterocycles. The zero-order chi connectivity index (χ0) is 22.0. The molecule has 0 spiro atoms. The minimum absolute atomic E-state index is 0.0414. The fourth-order valence-corrected chi connectivity index (χ4v) is 3.03. The van der Waals surface area contributed by atoms with E-state index in [1.807, 2.05) is 13.8 Å². The maximum atomic E-state index is 12.8. The molecule has 0 radical (unpaired) electrons. The number of fused-ring (bicyclic) bond motifs is 2. The highest BCUT2D eigenvalue weighted by molar-refractivity contribution is 6.00. The van der Waals surface area contributed by atoms with E-state index in [0.717, 1.165) is 0 Å². The van der Waals surface area contributed by atoms with Crippen LogP contribution in [-0.2, 0) is 0 Å². The van der Waals surface area contributed by atoms with Gasteiger partial charge in [-0.1, -0.05) is 13.8 Å². The number of nitrogens with one attached hydrogen (secondary N) is 3. The molecule has 1 aliphatic heterocycles. The number of aliphatic hydroxyl groups is 1. The summed E-state index contributed by atoms with van der Waals surface area (Å²) in [4.78, 5) is 21.5. The first-order valence-electron chi connectivity index (χ1n) is 9.89. The van der Waals surface area contributed by atoms with Gasteiger partial charge in [-0.2, -0.15) is 9.61 Å². The second-order valence-corrected chi connectivity index (χ2v) is 7.89. The molecule has 3 aromatic rings. The number of rotatable bonds is 7. The molecule has 0 atom stereocenters. The van der Waals surface area contributed by atoms with Crippen molar-refractivity contribution in [2.24, 2.45) is 5.41 Å². The molecule has 31 heavy (non-hydrogen) atoms. The summed E-state index contributed by atoms with van der Waals surface area (Å²) in [6, 6.07) is 3.53. The summed E-state index contributed by atoms with van der Waals surface area (Å²) in [7, 11) is 1.76. The number of carbonyl (C=O) groups is 1. The Morgan fingerprint density at radius 3 is 2.90 bits per heavy atom. The molecule has 11 heteroatoms. The van der Waals surface area contributed by atoms with E-state index >= 15 is 0 Å². The van der Waals surface area contributed by atoms with Crippen LogP contribution in [-0.4, -0.2) is 64.0 Å². The summed E-state index contributed by atoms with van der Waals surface area (Å²) in [5, 5.41) is 22.8. The Morgan fingerprint density at radius 1 is 1.32 bits per heavy atom.